The summed E-state index contributed by atoms with van der Waals surface area (Å²) in [5.74, 6) is -0.669. The molecule has 22 heavy (non-hydrogen) atoms. The molecule has 0 spiro atoms. The van der Waals surface area contributed by atoms with Gasteiger partial charge < -0.3 is 5.32 Å². The second kappa shape index (κ2) is 7.95. The Morgan fingerprint density at radius 1 is 1.32 bits per heavy atom. The van der Waals surface area contributed by atoms with Crippen LogP contribution >= 0.6 is 11.3 Å². The molecule has 1 aromatic heterocycles. The van der Waals surface area contributed by atoms with Gasteiger partial charge in [0.2, 0.25) is 5.01 Å². The number of aromatic nitrogens is 2. The van der Waals surface area contributed by atoms with E-state index >= 15 is 0 Å². The van der Waals surface area contributed by atoms with Crippen molar-refractivity contribution in [2.24, 2.45) is 0 Å². The Labute approximate surface area is 133 Å². The lowest BCUT2D eigenvalue weighted by Crippen LogP contribution is -2.18. The molecular formula is C15H19FN4OS. The van der Waals surface area contributed by atoms with Gasteiger partial charge in [-0.3, -0.25) is 9.69 Å². The molecule has 0 bridgehead atoms. The second-order valence-corrected chi connectivity index (χ2v) is 6.12. The molecule has 0 fully saturated rings. The lowest BCUT2D eigenvalue weighted by molar-refractivity contribution is 0.102. The van der Waals surface area contributed by atoms with Gasteiger partial charge >= 0.3 is 0 Å². The smallest absolute Gasteiger partial charge is 0.286 e. The molecule has 1 aromatic carbocycles. The van der Waals surface area contributed by atoms with E-state index in [1.54, 1.807) is 0 Å². The Morgan fingerprint density at radius 2 is 2.05 bits per heavy atom. The van der Waals surface area contributed by atoms with E-state index in [-0.39, 0.29) is 11.7 Å². The largest absolute Gasteiger partial charge is 0.320 e. The number of benzene rings is 1. The first kappa shape index (κ1) is 16.5. The van der Waals surface area contributed by atoms with Crippen molar-refractivity contribution in [3.63, 3.8) is 0 Å². The summed E-state index contributed by atoms with van der Waals surface area (Å²) >= 11 is 1.28. The zero-order valence-corrected chi connectivity index (χ0v) is 13.5. The van der Waals surface area contributed by atoms with Gasteiger partial charge in [-0.1, -0.05) is 24.7 Å². The maximum atomic E-state index is 12.8. The van der Waals surface area contributed by atoms with Crippen molar-refractivity contribution in [3.05, 3.63) is 40.1 Å². The molecule has 2 rings (SSSR count). The van der Waals surface area contributed by atoms with Crippen LogP contribution in [-0.4, -0.2) is 34.6 Å². The summed E-state index contributed by atoms with van der Waals surface area (Å²) in [6.07, 6.45) is 2.28. The number of hydrogen-bond donors (Lipinski definition) is 1. The fourth-order valence-electron chi connectivity index (χ4n) is 1.87. The molecule has 1 amide bonds. The topological polar surface area (TPSA) is 58.1 Å². The average Bonchev–Trinajstić information content (AvgIpc) is 2.96. The number of carbonyl (C=O) groups is 1. The number of unbranched alkanes of at least 4 members (excludes halogenated alkanes) is 1. The highest BCUT2D eigenvalue weighted by atomic mass is 32.1. The van der Waals surface area contributed by atoms with Crippen molar-refractivity contribution in [2.75, 3.05) is 18.9 Å². The van der Waals surface area contributed by atoms with Crippen LogP contribution in [0.3, 0.4) is 0 Å². The Hall–Kier alpha value is -1.86. The number of halogens is 1. The fourth-order valence-corrected chi connectivity index (χ4v) is 2.68. The molecule has 0 unspecified atom stereocenters. The van der Waals surface area contributed by atoms with E-state index in [9.17, 15) is 9.18 Å². The molecule has 0 saturated carbocycles. The molecule has 118 valence electrons. The summed E-state index contributed by atoms with van der Waals surface area (Å²) in [5.41, 5.74) is 0.531. The van der Waals surface area contributed by atoms with Crippen LogP contribution < -0.4 is 5.32 Å². The van der Waals surface area contributed by atoms with Gasteiger partial charge in [0.25, 0.3) is 5.91 Å². The number of amides is 1. The Bertz CT molecular complexity index is 614. The summed E-state index contributed by atoms with van der Waals surface area (Å²) in [4.78, 5) is 14.2. The molecule has 0 radical (unpaired) electrons. The van der Waals surface area contributed by atoms with E-state index in [1.807, 2.05) is 7.05 Å². The van der Waals surface area contributed by atoms with Crippen LogP contribution in [0.25, 0.3) is 0 Å². The highest BCUT2D eigenvalue weighted by Crippen LogP contribution is 2.15. The summed E-state index contributed by atoms with van der Waals surface area (Å²) in [5, 5.41) is 11.8. The third-order valence-corrected chi connectivity index (χ3v) is 3.97. The zero-order chi connectivity index (χ0) is 15.9. The van der Waals surface area contributed by atoms with Gasteiger partial charge in [0.05, 0.1) is 6.54 Å². The van der Waals surface area contributed by atoms with Crippen LogP contribution in [0.5, 0.6) is 0 Å². The standard InChI is InChI=1S/C15H19FN4OS/c1-3-4-9-20(2)10-13-18-19-15(22-13)14(21)17-12-7-5-11(16)6-8-12/h5-8H,3-4,9-10H2,1-2H3,(H,17,21). The van der Waals surface area contributed by atoms with Crippen molar-refractivity contribution >= 4 is 22.9 Å². The molecule has 2 aromatic rings. The third kappa shape index (κ3) is 4.85. The number of hydrogen-bond acceptors (Lipinski definition) is 5. The zero-order valence-electron chi connectivity index (χ0n) is 12.7. The second-order valence-electron chi connectivity index (χ2n) is 5.05. The Balaban J connectivity index is 1.92. The quantitative estimate of drug-likeness (QED) is 0.851. The third-order valence-electron chi connectivity index (χ3n) is 3.06. The van der Waals surface area contributed by atoms with Gasteiger partial charge in [0.1, 0.15) is 10.8 Å². The SMILES string of the molecule is CCCCN(C)Cc1nnc(C(=O)Nc2ccc(F)cc2)s1. The van der Waals surface area contributed by atoms with Crippen molar-refractivity contribution < 1.29 is 9.18 Å². The Morgan fingerprint density at radius 3 is 2.73 bits per heavy atom. The molecule has 0 aliphatic carbocycles. The van der Waals surface area contributed by atoms with E-state index in [4.69, 9.17) is 0 Å². The predicted octanol–water partition coefficient (Wildman–Crippen LogP) is 3.16. The van der Waals surface area contributed by atoms with Crippen LogP contribution in [0, 0.1) is 5.82 Å². The molecule has 1 N–H and O–H groups in total. The predicted molar refractivity (Wildman–Crippen MR) is 85.5 cm³/mol. The van der Waals surface area contributed by atoms with Crippen LogP contribution in [0.4, 0.5) is 10.1 Å². The molecule has 0 saturated heterocycles. The van der Waals surface area contributed by atoms with Crippen molar-refractivity contribution in [1.82, 2.24) is 15.1 Å². The minimum absolute atomic E-state index is 0.309. The first-order valence-electron chi connectivity index (χ1n) is 7.16. The fraction of sp³-hybridized carbons (Fsp3) is 0.400. The van der Waals surface area contributed by atoms with Crippen LogP contribution in [0.2, 0.25) is 0 Å². The minimum atomic E-state index is -0.341. The first-order valence-corrected chi connectivity index (χ1v) is 7.98. The van der Waals surface area contributed by atoms with Crippen LogP contribution in [0.15, 0.2) is 24.3 Å². The normalized spacial score (nSPS) is 10.9. The Kier molecular flexibility index (Phi) is 5.97. The molecule has 0 aliphatic heterocycles. The molecule has 7 heteroatoms. The van der Waals surface area contributed by atoms with E-state index in [0.717, 1.165) is 24.4 Å². The lowest BCUT2D eigenvalue weighted by Gasteiger charge is -2.13. The number of nitrogens with zero attached hydrogens (tertiary/aromatic N) is 3. The van der Waals surface area contributed by atoms with Gasteiger partial charge in [-0.2, -0.15) is 0 Å². The maximum Gasteiger partial charge on any atom is 0.286 e. The summed E-state index contributed by atoms with van der Waals surface area (Å²) < 4.78 is 12.8. The highest BCUT2D eigenvalue weighted by molar-refractivity contribution is 7.13. The molecular weight excluding hydrogens is 303 g/mol. The number of rotatable bonds is 7. The molecule has 0 aliphatic rings. The minimum Gasteiger partial charge on any atom is -0.320 e. The monoisotopic (exact) mass is 322 g/mol. The number of anilines is 1. The van der Waals surface area contributed by atoms with E-state index in [2.05, 4.69) is 27.3 Å². The van der Waals surface area contributed by atoms with Gasteiger partial charge in [0, 0.05) is 5.69 Å². The first-order chi connectivity index (χ1) is 10.6. The van der Waals surface area contributed by atoms with Crippen molar-refractivity contribution in [3.8, 4) is 0 Å². The van der Waals surface area contributed by atoms with Gasteiger partial charge in [-0.05, 0) is 44.3 Å². The van der Waals surface area contributed by atoms with Crippen LogP contribution in [0.1, 0.15) is 34.6 Å². The average molecular weight is 322 g/mol. The summed E-state index contributed by atoms with van der Waals surface area (Å²) in [6, 6.07) is 5.61. The highest BCUT2D eigenvalue weighted by Gasteiger charge is 2.14. The van der Waals surface area contributed by atoms with E-state index in [1.165, 1.54) is 35.6 Å². The van der Waals surface area contributed by atoms with Gasteiger partial charge in [-0.25, -0.2) is 4.39 Å². The van der Waals surface area contributed by atoms with E-state index < -0.39 is 0 Å². The molecule has 5 nitrogen and oxygen atoms in total. The van der Waals surface area contributed by atoms with Crippen molar-refractivity contribution in [2.45, 2.75) is 26.3 Å². The van der Waals surface area contributed by atoms with Gasteiger partial charge in [-0.15, -0.1) is 10.2 Å². The van der Waals surface area contributed by atoms with Crippen LogP contribution in [-0.2, 0) is 6.54 Å². The number of nitrogens with one attached hydrogen (secondary N) is 1. The summed E-state index contributed by atoms with van der Waals surface area (Å²) in [6.45, 7) is 3.82. The number of carbonyl (C=O) groups excluding carboxylic acids is 1. The molecule has 1 heterocycles. The molecule has 0 atom stereocenters. The van der Waals surface area contributed by atoms with Gasteiger partial charge in [0.15, 0.2) is 0 Å². The van der Waals surface area contributed by atoms with Crippen molar-refractivity contribution in [1.29, 1.82) is 0 Å². The summed E-state index contributed by atoms with van der Waals surface area (Å²) in [7, 11) is 2.02. The van der Waals surface area contributed by atoms with E-state index in [0.29, 0.717) is 17.2 Å². The maximum absolute atomic E-state index is 12.8. The lowest BCUT2D eigenvalue weighted by atomic mass is 10.3.